The van der Waals surface area contributed by atoms with Crippen molar-refractivity contribution in [1.29, 1.82) is 0 Å². The number of nitrogens with one attached hydrogen (secondary N) is 1. The molecule has 0 bridgehead atoms. The van der Waals surface area contributed by atoms with Crippen LogP contribution in [0.2, 0.25) is 0 Å². The number of rotatable bonds is 14. The second-order valence-corrected chi connectivity index (χ2v) is 6.20. The summed E-state index contributed by atoms with van der Waals surface area (Å²) in [4.78, 5) is 11.0. The molecule has 4 heteroatoms. The number of hydrogen-bond acceptors (Lipinski definition) is 2. The van der Waals surface area contributed by atoms with Crippen molar-refractivity contribution >= 4 is 5.97 Å². The summed E-state index contributed by atoms with van der Waals surface area (Å²) in [6.45, 7) is 6.97. The van der Waals surface area contributed by atoms with Gasteiger partial charge in [-0.05, 0) is 18.9 Å². The Morgan fingerprint density at radius 2 is 1.38 bits per heavy atom. The summed E-state index contributed by atoms with van der Waals surface area (Å²) >= 11 is 0. The third-order valence-electron chi connectivity index (χ3n) is 3.83. The maximum atomic E-state index is 11.0. The average Bonchev–Trinajstić information content (AvgIpc) is 2.39. The molecule has 0 aromatic heterocycles. The minimum Gasteiger partial charge on any atom is -1.00 e. The minimum absolute atomic E-state index is 0. The fraction of sp³-hybridized carbons (Fsp3) is 0.941. The Morgan fingerprint density at radius 1 is 0.952 bits per heavy atom. The summed E-state index contributed by atoms with van der Waals surface area (Å²) in [5.41, 5.74) is 0. The van der Waals surface area contributed by atoms with Crippen molar-refractivity contribution in [1.82, 2.24) is 5.32 Å². The third-order valence-corrected chi connectivity index (χ3v) is 3.83. The summed E-state index contributed by atoms with van der Waals surface area (Å²) in [5, 5.41) is 12.2. The van der Waals surface area contributed by atoms with Gasteiger partial charge >= 0.3 is 35.5 Å². The molecule has 0 amide bonds. The van der Waals surface area contributed by atoms with Crippen LogP contribution in [0.4, 0.5) is 0 Å². The SMILES string of the molecule is CCCCCCCCCCCCN[C@H](C(=O)O)C(C)C.[H-].[Na+]. The van der Waals surface area contributed by atoms with Crippen LogP contribution in [-0.2, 0) is 4.79 Å². The van der Waals surface area contributed by atoms with E-state index in [0.717, 1.165) is 13.0 Å². The molecule has 122 valence electrons. The van der Waals surface area contributed by atoms with E-state index in [1.165, 1.54) is 57.8 Å². The van der Waals surface area contributed by atoms with Crippen molar-refractivity contribution < 1.29 is 40.9 Å². The van der Waals surface area contributed by atoms with E-state index in [-0.39, 0.29) is 36.9 Å². The van der Waals surface area contributed by atoms with Gasteiger partial charge in [0.15, 0.2) is 0 Å². The van der Waals surface area contributed by atoms with E-state index in [4.69, 9.17) is 5.11 Å². The van der Waals surface area contributed by atoms with Crippen LogP contribution in [0.3, 0.4) is 0 Å². The van der Waals surface area contributed by atoms with E-state index in [1.54, 1.807) is 0 Å². The maximum Gasteiger partial charge on any atom is 1.00 e. The van der Waals surface area contributed by atoms with E-state index >= 15 is 0 Å². The largest absolute Gasteiger partial charge is 1.00 e. The van der Waals surface area contributed by atoms with Gasteiger partial charge in [0, 0.05) is 0 Å². The van der Waals surface area contributed by atoms with E-state index < -0.39 is 12.0 Å². The first-order valence-corrected chi connectivity index (χ1v) is 8.55. The van der Waals surface area contributed by atoms with E-state index in [0.29, 0.717) is 0 Å². The molecule has 0 fully saturated rings. The molecule has 0 spiro atoms. The van der Waals surface area contributed by atoms with Gasteiger partial charge in [-0.1, -0.05) is 78.6 Å². The van der Waals surface area contributed by atoms with Crippen molar-refractivity contribution in [2.75, 3.05) is 6.54 Å². The van der Waals surface area contributed by atoms with Crippen molar-refractivity contribution in [3.8, 4) is 0 Å². The molecule has 0 aromatic rings. The fourth-order valence-corrected chi connectivity index (χ4v) is 2.48. The molecule has 0 unspecified atom stereocenters. The predicted octanol–water partition coefficient (Wildman–Crippen LogP) is 1.72. The van der Waals surface area contributed by atoms with Gasteiger partial charge < -0.3 is 11.8 Å². The van der Waals surface area contributed by atoms with E-state index in [2.05, 4.69) is 12.2 Å². The average molecular weight is 309 g/mol. The molecule has 3 nitrogen and oxygen atoms in total. The predicted molar refractivity (Wildman–Crippen MR) is 87.2 cm³/mol. The number of unbranched alkanes of at least 4 members (excludes halogenated alkanes) is 9. The van der Waals surface area contributed by atoms with Crippen LogP contribution in [0, 0.1) is 5.92 Å². The summed E-state index contributed by atoms with van der Waals surface area (Å²) in [5.74, 6) is -0.581. The molecule has 0 aromatic carbocycles. The molecular weight excluding hydrogens is 273 g/mol. The zero-order valence-electron chi connectivity index (χ0n) is 15.8. The molecule has 1 atom stereocenters. The molecule has 2 N–H and O–H groups in total. The normalized spacial score (nSPS) is 12.2. The van der Waals surface area contributed by atoms with Gasteiger partial charge in [-0.15, -0.1) is 0 Å². The molecule has 21 heavy (non-hydrogen) atoms. The Morgan fingerprint density at radius 3 is 1.76 bits per heavy atom. The minimum atomic E-state index is -0.730. The summed E-state index contributed by atoms with van der Waals surface area (Å²) < 4.78 is 0. The third kappa shape index (κ3) is 15.1. The Bertz CT molecular complexity index is 241. The van der Waals surface area contributed by atoms with Crippen LogP contribution in [0.15, 0.2) is 0 Å². The number of carbonyl (C=O) groups is 1. The Kier molecular flexibility index (Phi) is 18.9. The summed E-state index contributed by atoms with van der Waals surface area (Å²) in [7, 11) is 0. The van der Waals surface area contributed by atoms with Gasteiger partial charge in [0.2, 0.25) is 0 Å². The van der Waals surface area contributed by atoms with Crippen molar-refractivity contribution in [2.24, 2.45) is 5.92 Å². The number of aliphatic carboxylic acids is 1. The molecule has 0 aliphatic carbocycles. The standard InChI is InChI=1S/C17H35NO2.Na.H/c1-4-5-6-7-8-9-10-11-12-13-14-18-16(15(2)3)17(19)20;;/h15-16,18H,4-14H2,1-3H3,(H,19,20);;/q;+1;-1/t16-;;/m0../s1. The Hall–Kier alpha value is 0.430. The van der Waals surface area contributed by atoms with Gasteiger partial charge in [-0.25, -0.2) is 0 Å². The van der Waals surface area contributed by atoms with Crippen LogP contribution in [-0.4, -0.2) is 23.7 Å². The van der Waals surface area contributed by atoms with Crippen LogP contribution in [0.5, 0.6) is 0 Å². The Balaban J connectivity index is -0.00000180. The van der Waals surface area contributed by atoms with Gasteiger partial charge in [-0.2, -0.15) is 0 Å². The first kappa shape index (κ1) is 23.7. The molecule has 0 rings (SSSR count). The molecule has 0 saturated heterocycles. The molecule has 0 saturated carbocycles. The van der Waals surface area contributed by atoms with Crippen LogP contribution in [0.1, 0.15) is 86.4 Å². The van der Waals surface area contributed by atoms with Crippen LogP contribution in [0.25, 0.3) is 0 Å². The number of carboxylic acids is 1. The summed E-state index contributed by atoms with van der Waals surface area (Å²) in [6, 6.07) is -0.395. The van der Waals surface area contributed by atoms with Crippen molar-refractivity contribution in [3.05, 3.63) is 0 Å². The van der Waals surface area contributed by atoms with Crippen LogP contribution < -0.4 is 34.9 Å². The second kappa shape index (κ2) is 16.8. The topological polar surface area (TPSA) is 49.3 Å². The molecular formula is C17H36NNaO2. The molecule has 0 aliphatic heterocycles. The number of carboxylic acid groups (broad SMARTS) is 1. The van der Waals surface area contributed by atoms with E-state index in [9.17, 15) is 4.79 Å². The van der Waals surface area contributed by atoms with E-state index in [1.807, 2.05) is 13.8 Å². The number of hydrogen-bond donors (Lipinski definition) is 2. The second-order valence-electron chi connectivity index (χ2n) is 6.20. The first-order chi connectivity index (χ1) is 9.59. The quantitative estimate of drug-likeness (QED) is 0.379. The molecule has 0 aliphatic rings. The van der Waals surface area contributed by atoms with Crippen molar-refractivity contribution in [2.45, 2.75) is 91.0 Å². The zero-order chi connectivity index (χ0) is 15.2. The monoisotopic (exact) mass is 309 g/mol. The smallest absolute Gasteiger partial charge is 1.00 e. The first-order valence-electron chi connectivity index (χ1n) is 8.55. The maximum absolute atomic E-state index is 11.0. The Labute approximate surface area is 155 Å². The van der Waals surface area contributed by atoms with Crippen molar-refractivity contribution in [3.63, 3.8) is 0 Å². The molecule has 0 heterocycles. The zero-order valence-corrected chi connectivity index (χ0v) is 16.8. The van der Waals surface area contributed by atoms with Crippen LogP contribution >= 0.6 is 0 Å². The van der Waals surface area contributed by atoms with Gasteiger partial charge in [0.25, 0.3) is 0 Å². The van der Waals surface area contributed by atoms with Gasteiger partial charge in [0.1, 0.15) is 6.04 Å². The van der Waals surface area contributed by atoms with Gasteiger partial charge in [-0.3, -0.25) is 4.79 Å². The fourth-order valence-electron chi connectivity index (χ4n) is 2.48. The molecule has 0 radical (unpaired) electrons. The van der Waals surface area contributed by atoms with Gasteiger partial charge in [0.05, 0.1) is 0 Å². The summed E-state index contributed by atoms with van der Waals surface area (Å²) in [6.07, 6.45) is 13.2.